The smallest absolute Gasteiger partial charge is 0.188 e. The third kappa shape index (κ3) is 7.38. The number of aliphatic imine (C=N–C) groups is 2. The van der Waals surface area contributed by atoms with Gasteiger partial charge in [-0.3, -0.25) is 9.80 Å². The van der Waals surface area contributed by atoms with Crippen molar-refractivity contribution in [2.24, 2.45) is 21.5 Å². The summed E-state index contributed by atoms with van der Waals surface area (Å²) in [6, 6.07) is 9.43. The molecule has 2 fully saturated rings. The molecule has 0 radical (unpaired) electrons. The zero-order chi connectivity index (χ0) is 22.8. The Balaban J connectivity index is 1.43. The summed E-state index contributed by atoms with van der Waals surface area (Å²) in [6.45, 7) is 11.8. The van der Waals surface area contributed by atoms with Gasteiger partial charge in [0.15, 0.2) is 11.9 Å². The summed E-state index contributed by atoms with van der Waals surface area (Å²) >= 11 is 0. The van der Waals surface area contributed by atoms with E-state index in [0.717, 1.165) is 37.3 Å². The molecular formula is C24H42N8. The molecule has 6 N–H and O–H groups in total. The predicted octanol–water partition coefficient (Wildman–Crippen LogP) is 1.46. The highest BCUT2D eigenvalue weighted by atomic mass is 15.2. The first-order chi connectivity index (χ1) is 15.6. The fourth-order valence-corrected chi connectivity index (χ4v) is 4.82. The lowest BCUT2D eigenvalue weighted by atomic mass is 10.1. The molecule has 32 heavy (non-hydrogen) atoms. The first-order valence-corrected chi connectivity index (χ1v) is 12.2. The van der Waals surface area contributed by atoms with Gasteiger partial charge in [0, 0.05) is 25.2 Å². The van der Waals surface area contributed by atoms with Crippen molar-refractivity contribution < 1.29 is 0 Å². The topological polar surface area (TPSA) is 107 Å². The van der Waals surface area contributed by atoms with Crippen LogP contribution >= 0.6 is 0 Å². The summed E-state index contributed by atoms with van der Waals surface area (Å²) in [7, 11) is 0. The van der Waals surface area contributed by atoms with E-state index in [1.807, 2.05) is 6.07 Å². The Kier molecular flexibility index (Phi) is 9.62. The third-order valence-corrected chi connectivity index (χ3v) is 6.70. The van der Waals surface area contributed by atoms with Crippen LogP contribution in [0, 0.1) is 0 Å². The molecule has 0 saturated carbocycles. The standard InChI is InChI=1S/C24H42N8/c1-3-31-12-6-10-21(31)17-29-23(25)27-15-19-8-5-9-20(14-19)16-28-24(26)30-18-22-11-7-13-32(22)4-2/h5,8-9,14,21-22H,3-4,6-7,10-13,15-18H2,1-2H3,(H3,25,27,29)(H3,26,28,30). The lowest BCUT2D eigenvalue weighted by Crippen LogP contribution is -2.42. The summed E-state index contributed by atoms with van der Waals surface area (Å²) in [4.78, 5) is 14.0. The average Bonchev–Trinajstić information content (AvgIpc) is 3.47. The van der Waals surface area contributed by atoms with E-state index < -0.39 is 0 Å². The zero-order valence-corrected chi connectivity index (χ0v) is 19.9. The molecule has 2 atom stereocenters. The van der Waals surface area contributed by atoms with Crippen LogP contribution in [0.5, 0.6) is 0 Å². The molecule has 178 valence electrons. The molecule has 0 aromatic heterocycles. The Morgan fingerprint density at radius 3 is 1.78 bits per heavy atom. The minimum absolute atomic E-state index is 0.512. The van der Waals surface area contributed by atoms with E-state index in [4.69, 9.17) is 11.5 Å². The number of nitrogens with two attached hydrogens (primary N) is 2. The van der Waals surface area contributed by atoms with Crippen LogP contribution in [0.2, 0.25) is 0 Å². The van der Waals surface area contributed by atoms with Gasteiger partial charge in [-0.1, -0.05) is 38.1 Å². The van der Waals surface area contributed by atoms with Crippen molar-refractivity contribution in [3.63, 3.8) is 0 Å². The normalized spacial score (nSPS) is 23.1. The van der Waals surface area contributed by atoms with Crippen molar-refractivity contribution in [2.75, 3.05) is 39.3 Å². The molecule has 1 aromatic rings. The summed E-state index contributed by atoms with van der Waals surface area (Å²) in [5.41, 5.74) is 14.4. The maximum Gasteiger partial charge on any atom is 0.188 e. The first kappa shape index (κ1) is 24.3. The van der Waals surface area contributed by atoms with E-state index in [1.165, 1.54) is 38.8 Å². The molecule has 0 spiro atoms. The lowest BCUT2D eigenvalue weighted by Gasteiger charge is -2.23. The number of nitrogens with zero attached hydrogens (tertiary/aromatic N) is 4. The molecule has 2 aliphatic rings. The van der Waals surface area contributed by atoms with Gasteiger partial charge >= 0.3 is 0 Å². The van der Waals surface area contributed by atoms with Crippen LogP contribution in [0.4, 0.5) is 0 Å². The van der Waals surface area contributed by atoms with Gasteiger partial charge in [-0.2, -0.15) is 0 Å². The van der Waals surface area contributed by atoms with Crippen molar-refractivity contribution in [1.29, 1.82) is 0 Å². The van der Waals surface area contributed by atoms with E-state index in [9.17, 15) is 0 Å². The fraction of sp³-hybridized carbons (Fsp3) is 0.667. The molecule has 8 heteroatoms. The highest BCUT2D eigenvalue weighted by molar-refractivity contribution is 5.78. The quantitative estimate of drug-likeness (QED) is 0.323. The Hall–Kier alpha value is -2.32. The fourth-order valence-electron chi connectivity index (χ4n) is 4.82. The molecule has 2 saturated heterocycles. The summed E-state index contributed by atoms with van der Waals surface area (Å²) < 4.78 is 0. The van der Waals surface area contributed by atoms with Gasteiger partial charge in [-0.25, -0.2) is 9.98 Å². The molecule has 0 aliphatic carbocycles. The largest absolute Gasteiger partial charge is 0.370 e. The Morgan fingerprint density at radius 2 is 1.34 bits per heavy atom. The van der Waals surface area contributed by atoms with E-state index >= 15 is 0 Å². The molecule has 2 aliphatic heterocycles. The van der Waals surface area contributed by atoms with Gasteiger partial charge in [-0.05, 0) is 63.0 Å². The summed E-state index contributed by atoms with van der Waals surface area (Å²) in [5, 5.41) is 6.59. The maximum absolute atomic E-state index is 6.10. The zero-order valence-electron chi connectivity index (χ0n) is 19.9. The average molecular weight is 443 g/mol. The number of likely N-dealkylation sites (N-methyl/N-ethyl adjacent to an activating group) is 2. The van der Waals surface area contributed by atoms with E-state index in [0.29, 0.717) is 37.1 Å². The van der Waals surface area contributed by atoms with Crippen molar-refractivity contribution >= 4 is 11.9 Å². The summed E-state index contributed by atoms with van der Waals surface area (Å²) in [6.07, 6.45) is 4.99. The Labute approximate surface area is 193 Å². The van der Waals surface area contributed by atoms with Crippen molar-refractivity contribution in [2.45, 2.75) is 64.7 Å². The minimum Gasteiger partial charge on any atom is -0.370 e. The molecule has 8 nitrogen and oxygen atoms in total. The van der Waals surface area contributed by atoms with Gasteiger partial charge in [0.2, 0.25) is 0 Å². The van der Waals surface area contributed by atoms with Crippen molar-refractivity contribution in [1.82, 2.24) is 20.4 Å². The molecule has 1 aromatic carbocycles. The van der Waals surface area contributed by atoms with Crippen LogP contribution in [0.1, 0.15) is 50.7 Å². The van der Waals surface area contributed by atoms with Crippen LogP contribution in [0.25, 0.3) is 0 Å². The van der Waals surface area contributed by atoms with E-state index in [-0.39, 0.29) is 0 Å². The number of hydrogen-bond donors (Lipinski definition) is 4. The number of hydrogen-bond acceptors (Lipinski definition) is 4. The van der Waals surface area contributed by atoms with Gasteiger partial charge in [-0.15, -0.1) is 0 Å². The molecular weight excluding hydrogens is 400 g/mol. The highest BCUT2D eigenvalue weighted by Crippen LogP contribution is 2.16. The highest BCUT2D eigenvalue weighted by Gasteiger charge is 2.23. The van der Waals surface area contributed by atoms with Gasteiger partial charge < -0.3 is 22.1 Å². The number of likely N-dealkylation sites (tertiary alicyclic amines) is 2. The molecule has 2 unspecified atom stereocenters. The Morgan fingerprint density at radius 1 is 0.875 bits per heavy atom. The second kappa shape index (κ2) is 12.6. The number of guanidine groups is 2. The monoisotopic (exact) mass is 442 g/mol. The van der Waals surface area contributed by atoms with Crippen molar-refractivity contribution in [3.05, 3.63) is 35.4 Å². The van der Waals surface area contributed by atoms with Crippen LogP contribution in [0.15, 0.2) is 34.3 Å². The molecule has 3 rings (SSSR count). The lowest BCUT2D eigenvalue weighted by molar-refractivity contribution is 0.267. The third-order valence-electron chi connectivity index (χ3n) is 6.70. The SMILES string of the molecule is CCN1CCCC1CNC(N)=NCc1cccc(CN=C(N)NCC2CCCN2CC)c1. The Bertz CT molecular complexity index is 703. The van der Waals surface area contributed by atoms with Crippen LogP contribution in [0.3, 0.4) is 0 Å². The second-order valence-electron chi connectivity index (χ2n) is 8.83. The first-order valence-electron chi connectivity index (χ1n) is 12.2. The van der Waals surface area contributed by atoms with E-state index in [1.54, 1.807) is 0 Å². The number of benzene rings is 1. The maximum atomic E-state index is 6.10. The van der Waals surface area contributed by atoms with Gasteiger partial charge in [0.25, 0.3) is 0 Å². The minimum atomic E-state index is 0.512. The van der Waals surface area contributed by atoms with Crippen LogP contribution in [-0.4, -0.2) is 73.1 Å². The van der Waals surface area contributed by atoms with Crippen LogP contribution in [-0.2, 0) is 13.1 Å². The van der Waals surface area contributed by atoms with Crippen LogP contribution < -0.4 is 22.1 Å². The molecule has 0 amide bonds. The number of rotatable bonds is 10. The molecule has 0 bridgehead atoms. The van der Waals surface area contributed by atoms with Gasteiger partial charge in [0.1, 0.15) is 0 Å². The van der Waals surface area contributed by atoms with Crippen molar-refractivity contribution in [3.8, 4) is 0 Å². The molecule has 2 heterocycles. The predicted molar refractivity (Wildman–Crippen MR) is 134 cm³/mol. The van der Waals surface area contributed by atoms with Gasteiger partial charge in [0.05, 0.1) is 13.1 Å². The number of nitrogens with one attached hydrogen (secondary N) is 2. The second-order valence-corrected chi connectivity index (χ2v) is 8.83. The van der Waals surface area contributed by atoms with E-state index in [2.05, 4.69) is 62.5 Å². The summed E-state index contributed by atoms with van der Waals surface area (Å²) in [5.74, 6) is 1.02.